The van der Waals surface area contributed by atoms with E-state index in [4.69, 9.17) is 10.7 Å². The maximum Gasteiger partial charge on any atom is 0.283 e. The maximum atomic E-state index is 10.7. The van der Waals surface area contributed by atoms with Crippen LogP contribution in [-0.4, -0.2) is 4.92 Å². The molecule has 0 aliphatic rings. The van der Waals surface area contributed by atoms with Crippen LogP contribution in [0.15, 0.2) is 22.7 Å². The number of hydrogen-bond donors (Lipinski definition) is 1. The second-order valence-corrected chi connectivity index (χ2v) is 4.32. The molecule has 82 valence electrons. The van der Waals surface area contributed by atoms with Gasteiger partial charge >= 0.3 is 0 Å². The van der Waals surface area contributed by atoms with Crippen molar-refractivity contribution in [2.24, 2.45) is 5.90 Å². The standard InChI is InChI=1S/C9H11BrN2O3/c1-9(2,15-11)6-4-3-5-7(8(6)10)12(13)14/h3-5H,11H2,1-2H3. The molecule has 0 aromatic heterocycles. The van der Waals surface area contributed by atoms with Gasteiger partial charge in [0.1, 0.15) is 10.1 Å². The predicted octanol–water partition coefficient (Wildman–Crippen LogP) is 2.48. The highest BCUT2D eigenvalue weighted by molar-refractivity contribution is 9.10. The average Bonchev–Trinajstić information content (AvgIpc) is 2.17. The summed E-state index contributed by atoms with van der Waals surface area (Å²) in [6.07, 6.45) is 0. The highest BCUT2D eigenvalue weighted by atomic mass is 79.9. The van der Waals surface area contributed by atoms with Gasteiger partial charge in [-0.15, -0.1) is 0 Å². The molecule has 0 unspecified atom stereocenters. The molecule has 1 rings (SSSR count). The highest BCUT2D eigenvalue weighted by Gasteiger charge is 2.27. The van der Waals surface area contributed by atoms with E-state index >= 15 is 0 Å². The number of nitrogens with zero attached hydrogens (tertiary/aromatic N) is 1. The fraction of sp³-hybridized carbons (Fsp3) is 0.333. The first-order valence-electron chi connectivity index (χ1n) is 4.21. The van der Waals surface area contributed by atoms with Gasteiger partial charge in [-0.3, -0.25) is 15.0 Å². The molecule has 0 heterocycles. The summed E-state index contributed by atoms with van der Waals surface area (Å²) >= 11 is 3.18. The Balaban J connectivity index is 3.33. The van der Waals surface area contributed by atoms with Crippen LogP contribution in [0, 0.1) is 10.1 Å². The lowest BCUT2D eigenvalue weighted by atomic mass is 9.98. The molecule has 0 aliphatic carbocycles. The van der Waals surface area contributed by atoms with E-state index in [9.17, 15) is 10.1 Å². The van der Waals surface area contributed by atoms with Crippen LogP contribution in [0.25, 0.3) is 0 Å². The lowest BCUT2D eigenvalue weighted by molar-refractivity contribution is -0.385. The molecular formula is C9H11BrN2O3. The van der Waals surface area contributed by atoms with Gasteiger partial charge in [-0.05, 0) is 29.8 Å². The van der Waals surface area contributed by atoms with Gasteiger partial charge in [-0.2, -0.15) is 0 Å². The first kappa shape index (κ1) is 12.1. The summed E-state index contributed by atoms with van der Waals surface area (Å²) in [4.78, 5) is 15.0. The van der Waals surface area contributed by atoms with Crippen LogP contribution in [0.3, 0.4) is 0 Å². The Labute approximate surface area is 95.5 Å². The molecule has 5 nitrogen and oxygen atoms in total. The van der Waals surface area contributed by atoms with Gasteiger partial charge in [0.05, 0.1) is 4.92 Å². The van der Waals surface area contributed by atoms with Crippen molar-refractivity contribution in [1.29, 1.82) is 0 Å². The van der Waals surface area contributed by atoms with Gasteiger partial charge < -0.3 is 0 Å². The van der Waals surface area contributed by atoms with Gasteiger partial charge in [0.25, 0.3) is 5.69 Å². The number of nitrogens with two attached hydrogens (primary N) is 1. The van der Waals surface area contributed by atoms with E-state index in [0.717, 1.165) is 0 Å². The molecule has 0 bridgehead atoms. The molecule has 0 aliphatic heterocycles. The zero-order chi connectivity index (χ0) is 11.6. The summed E-state index contributed by atoms with van der Waals surface area (Å²) in [6, 6.07) is 4.74. The zero-order valence-electron chi connectivity index (χ0n) is 8.36. The van der Waals surface area contributed by atoms with Crippen molar-refractivity contribution in [3.63, 3.8) is 0 Å². The Hall–Kier alpha value is -0.980. The molecule has 0 spiro atoms. The van der Waals surface area contributed by atoms with Gasteiger partial charge in [0, 0.05) is 11.6 Å². The number of nitro groups is 1. The third kappa shape index (κ3) is 2.34. The van der Waals surface area contributed by atoms with E-state index in [1.54, 1.807) is 26.0 Å². The van der Waals surface area contributed by atoms with E-state index in [-0.39, 0.29) is 5.69 Å². The molecule has 0 atom stereocenters. The van der Waals surface area contributed by atoms with Crippen LogP contribution in [0.5, 0.6) is 0 Å². The maximum absolute atomic E-state index is 10.7. The molecule has 0 saturated heterocycles. The van der Waals surface area contributed by atoms with E-state index < -0.39 is 10.5 Å². The number of nitro benzene ring substituents is 1. The topological polar surface area (TPSA) is 78.4 Å². The number of hydrogen-bond acceptors (Lipinski definition) is 4. The van der Waals surface area contributed by atoms with Gasteiger partial charge in [0.2, 0.25) is 0 Å². The van der Waals surface area contributed by atoms with Crippen LogP contribution in [0.2, 0.25) is 0 Å². The molecule has 15 heavy (non-hydrogen) atoms. The van der Waals surface area contributed by atoms with Crippen molar-refractivity contribution in [3.8, 4) is 0 Å². The largest absolute Gasteiger partial charge is 0.294 e. The van der Waals surface area contributed by atoms with Crippen LogP contribution in [0.4, 0.5) is 5.69 Å². The van der Waals surface area contributed by atoms with Gasteiger partial charge in [-0.1, -0.05) is 12.1 Å². The number of halogens is 1. The third-order valence-electron chi connectivity index (χ3n) is 2.12. The molecule has 6 heteroatoms. The van der Waals surface area contributed by atoms with Crippen molar-refractivity contribution in [2.75, 3.05) is 0 Å². The Morgan fingerprint density at radius 2 is 2.13 bits per heavy atom. The van der Waals surface area contributed by atoms with E-state index in [2.05, 4.69) is 15.9 Å². The van der Waals surface area contributed by atoms with Crippen molar-refractivity contribution in [1.82, 2.24) is 0 Å². The Morgan fingerprint density at radius 1 is 1.53 bits per heavy atom. The fourth-order valence-corrected chi connectivity index (χ4v) is 2.08. The molecule has 0 saturated carbocycles. The summed E-state index contributed by atoms with van der Waals surface area (Å²) in [5.74, 6) is 5.14. The van der Waals surface area contributed by atoms with Crippen molar-refractivity contribution in [2.45, 2.75) is 19.4 Å². The smallest absolute Gasteiger partial charge is 0.283 e. The minimum Gasteiger partial charge on any atom is -0.294 e. The van der Waals surface area contributed by atoms with E-state index in [0.29, 0.717) is 10.0 Å². The molecule has 0 fully saturated rings. The zero-order valence-corrected chi connectivity index (χ0v) is 9.95. The lowest BCUT2D eigenvalue weighted by Gasteiger charge is -2.23. The normalized spacial score (nSPS) is 11.5. The number of rotatable bonds is 3. The van der Waals surface area contributed by atoms with Crippen molar-refractivity contribution < 1.29 is 9.76 Å². The van der Waals surface area contributed by atoms with Crippen LogP contribution in [-0.2, 0) is 10.4 Å². The Bertz CT molecular complexity index is 393. The summed E-state index contributed by atoms with van der Waals surface area (Å²) in [7, 11) is 0. The summed E-state index contributed by atoms with van der Waals surface area (Å²) in [5.41, 5.74) is -0.137. The molecule has 1 aromatic rings. The molecule has 1 aromatic carbocycles. The van der Waals surface area contributed by atoms with Gasteiger partial charge in [-0.25, -0.2) is 5.90 Å². The minimum atomic E-state index is -0.773. The number of benzene rings is 1. The van der Waals surface area contributed by atoms with E-state index in [1.807, 2.05) is 0 Å². The minimum absolute atomic E-state index is 0.00220. The monoisotopic (exact) mass is 274 g/mol. The van der Waals surface area contributed by atoms with E-state index in [1.165, 1.54) is 6.07 Å². The first-order chi connectivity index (χ1) is 6.90. The second-order valence-electron chi connectivity index (χ2n) is 3.52. The second kappa shape index (κ2) is 4.26. The van der Waals surface area contributed by atoms with Crippen LogP contribution >= 0.6 is 15.9 Å². The van der Waals surface area contributed by atoms with Gasteiger partial charge in [0.15, 0.2) is 0 Å². The van der Waals surface area contributed by atoms with Crippen LogP contribution < -0.4 is 5.90 Å². The quantitative estimate of drug-likeness (QED) is 0.679. The molecule has 2 N–H and O–H groups in total. The predicted molar refractivity (Wildman–Crippen MR) is 59.1 cm³/mol. The Morgan fingerprint density at radius 3 is 2.60 bits per heavy atom. The van der Waals surface area contributed by atoms with Crippen molar-refractivity contribution >= 4 is 21.6 Å². The summed E-state index contributed by atoms with van der Waals surface area (Å²) in [5, 5.41) is 10.7. The Kier molecular flexibility index (Phi) is 3.43. The first-order valence-corrected chi connectivity index (χ1v) is 5.00. The molecule has 0 radical (unpaired) electrons. The summed E-state index contributed by atoms with van der Waals surface area (Å²) in [6.45, 7) is 3.47. The van der Waals surface area contributed by atoms with Crippen molar-refractivity contribution in [3.05, 3.63) is 38.3 Å². The summed E-state index contributed by atoms with van der Waals surface area (Å²) < 4.78 is 0.394. The lowest BCUT2D eigenvalue weighted by Crippen LogP contribution is -2.25. The third-order valence-corrected chi connectivity index (χ3v) is 2.95. The SMILES string of the molecule is CC(C)(ON)c1cccc([N+](=O)[O-])c1Br. The fourth-order valence-electron chi connectivity index (χ4n) is 1.19. The average molecular weight is 275 g/mol. The van der Waals surface area contributed by atoms with Crippen LogP contribution in [0.1, 0.15) is 19.4 Å². The highest BCUT2D eigenvalue weighted by Crippen LogP contribution is 2.35. The molecular weight excluding hydrogens is 264 g/mol. The molecule has 0 amide bonds.